The smallest absolute Gasteiger partial charge is 0.224 e. The molecule has 0 aromatic heterocycles. The van der Waals surface area contributed by atoms with E-state index in [1.165, 1.54) is 25.7 Å². The molecule has 1 saturated heterocycles. The van der Waals surface area contributed by atoms with E-state index in [-0.39, 0.29) is 11.3 Å². The van der Waals surface area contributed by atoms with Gasteiger partial charge in [0.2, 0.25) is 5.91 Å². The van der Waals surface area contributed by atoms with Crippen molar-refractivity contribution in [2.75, 3.05) is 25.0 Å². The second-order valence-corrected chi connectivity index (χ2v) is 6.23. The Morgan fingerprint density at radius 3 is 2.38 bits per heavy atom. The zero-order valence-electron chi connectivity index (χ0n) is 12.8. The van der Waals surface area contributed by atoms with E-state index in [9.17, 15) is 4.79 Å². The standard InChI is InChI=1S/C17H25ClN2O/c1-2-17(21)19-15-9-7-14(8-10-15)16(18)13-20-11-5-3-4-6-12-20/h7-10,16H,2-6,11-13H2,1H3,(H,19,21). The van der Waals surface area contributed by atoms with Crippen LogP contribution in [0.25, 0.3) is 0 Å². The molecular weight excluding hydrogens is 284 g/mol. The van der Waals surface area contributed by atoms with Crippen molar-refractivity contribution in [1.82, 2.24) is 4.90 Å². The van der Waals surface area contributed by atoms with Crippen LogP contribution >= 0.6 is 11.6 Å². The number of benzene rings is 1. The molecule has 21 heavy (non-hydrogen) atoms. The van der Waals surface area contributed by atoms with Gasteiger partial charge >= 0.3 is 0 Å². The first-order chi connectivity index (χ1) is 10.2. The lowest BCUT2D eigenvalue weighted by atomic mass is 10.1. The van der Waals surface area contributed by atoms with Crippen molar-refractivity contribution in [3.05, 3.63) is 29.8 Å². The first kappa shape index (κ1) is 16.3. The van der Waals surface area contributed by atoms with Gasteiger partial charge in [-0.3, -0.25) is 4.79 Å². The molecule has 0 radical (unpaired) electrons. The molecule has 3 nitrogen and oxygen atoms in total. The maximum atomic E-state index is 11.4. The number of alkyl halides is 1. The van der Waals surface area contributed by atoms with Gasteiger partial charge < -0.3 is 10.2 Å². The van der Waals surface area contributed by atoms with Crippen LogP contribution < -0.4 is 5.32 Å². The average molecular weight is 309 g/mol. The quantitative estimate of drug-likeness (QED) is 0.827. The molecule has 1 N–H and O–H groups in total. The van der Waals surface area contributed by atoms with Crippen LogP contribution in [0.3, 0.4) is 0 Å². The minimum Gasteiger partial charge on any atom is -0.326 e. The molecule has 2 rings (SSSR count). The van der Waals surface area contributed by atoms with Gasteiger partial charge in [0.15, 0.2) is 0 Å². The van der Waals surface area contributed by atoms with Crippen LogP contribution in [0.4, 0.5) is 5.69 Å². The van der Waals surface area contributed by atoms with Crippen molar-refractivity contribution in [3.63, 3.8) is 0 Å². The predicted molar refractivity (Wildman–Crippen MR) is 88.9 cm³/mol. The topological polar surface area (TPSA) is 32.3 Å². The van der Waals surface area contributed by atoms with Gasteiger partial charge in [0.25, 0.3) is 0 Å². The van der Waals surface area contributed by atoms with Gasteiger partial charge in [-0.2, -0.15) is 0 Å². The van der Waals surface area contributed by atoms with Gasteiger partial charge in [-0.05, 0) is 43.6 Å². The van der Waals surface area contributed by atoms with Gasteiger partial charge in [0.1, 0.15) is 0 Å². The zero-order valence-corrected chi connectivity index (χ0v) is 13.5. The fourth-order valence-corrected chi connectivity index (χ4v) is 3.02. The first-order valence-electron chi connectivity index (χ1n) is 7.95. The van der Waals surface area contributed by atoms with E-state index in [4.69, 9.17) is 11.6 Å². The number of nitrogens with one attached hydrogen (secondary N) is 1. The van der Waals surface area contributed by atoms with Gasteiger partial charge in [-0.1, -0.05) is 31.9 Å². The van der Waals surface area contributed by atoms with E-state index in [2.05, 4.69) is 10.2 Å². The number of rotatable bonds is 5. The van der Waals surface area contributed by atoms with E-state index < -0.39 is 0 Å². The number of nitrogens with zero attached hydrogens (tertiary/aromatic N) is 1. The largest absolute Gasteiger partial charge is 0.326 e. The summed E-state index contributed by atoms with van der Waals surface area (Å²) < 4.78 is 0. The molecule has 0 aliphatic carbocycles. The highest BCUT2D eigenvalue weighted by Gasteiger charge is 2.15. The predicted octanol–water partition coefficient (Wildman–Crippen LogP) is 4.19. The molecule has 0 bridgehead atoms. The number of likely N-dealkylation sites (tertiary alicyclic amines) is 1. The maximum Gasteiger partial charge on any atom is 0.224 e. The monoisotopic (exact) mass is 308 g/mol. The van der Waals surface area contributed by atoms with Crippen LogP contribution in [-0.2, 0) is 4.79 Å². The highest BCUT2D eigenvalue weighted by Crippen LogP contribution is 2.24. The Bertz CT molecular complexity index is 439. The minimum atomic E-state index is 0.0130. The molecule has 1 atom stereocenters. The molecule has 4 heteroatoms. The lowest BCUT2D eigenvalue weighted by molar-refractivity contribution is -0.115. The van der Waals surface area contributed by atoms with Gasteiger partial charge in [-0.25, -0.2) is 0 Å². The lowest BCUT2D eigenvalue weighted by Crippen LogP contribution is -2.28. The number of amides is 1. The van der Waals surface area contributed by atoms with E-state index in [0.717, 1.165) is 30.9 Å². The van der Waals surface area contributed by atoms with E-state index in [0.29, 0.717) is 6.42 Å². The van der Waals surface area contributed by atoms with Crippen molar-refractivity contribution < 1.29 is 4.79 Å². The molecule has 1 unspecified atom stereocenters. The third-order valence-electron chi connectivity index (χ3n) is 3.99. The number of carbonyl (C=O) groups is 1. The summed E-state index contributed by atoms with van der Waals surface area (Å²) in [6.07, 6.45) is 5.75. The molecule has 0 spiro atoms. The van der Waals surface area contributed by atoms with Crippen LogP contribution in [0.2, 0.25) is 0 Å². The fourth-order valence-electron chi connectivity index (χ4n) is 2.68. The Morgan fingerprint density at radius 1 is 1.19 bits per heavy atom. The maximum absolute atomic E-state index is 11.4. The number of hydrogen-bond donors (Lipinski definition) is 1. The normalized spacial score (nSPS) is 18.0. The first-order valence-corrected chi connectivity index (χ1v) is 8.39. The highest BCUT2D eigenvalue weighted by molar-refractivity contribution is 6.21. The van der Waals surface area contributed by atoms with Crippen molar-refractivity contribution in [2.45, 2.75) is 44.4 Å². The fraction of sp³-hybridized carbons (Fsp3) is 0.588. The third-order valence-corrected chi connectivity index (χ3v) is 4.38. The van der Waals surface area contributed by atoms with Crippen LogP contribution in [0.5, 0.6) is 0 Å². The zero-order chi connectivity index (χ0) is 15.1. The Labute approximate surface area is 132 Å². The van der Waals surface area contributed by atoms with E-state index >= 15 is 0 Å². The molecule has 116 valence electrons. The van der Waals surface area contributed by atoms with Gasteiger partial charge in [0, 0.05) is 18.7 Å². The van der Waals surface area contributed by atoms with Crippen LogP contribution in [0, 0.1) is 0 Å². The van der Waals surface area contributed by atoms with Crippen LogP contribution in [0.1, 0.15) is 50.0 Å². The summed E-state index contributed by atoms with van der Waals surface area (Å²) >= 11 is 6.55. The molecule has 1 heterocycles. The summed E-state index contributed by atoms with van der Waals surface area (Å²) in [7, 11) is 0. The summed E-state index contributed by atoms with van der Waals surface area (Å²) in [5.41, 5.74) is 1.96. The van der Waals surface area contributed by atoms with Gasteiger partial charge in [0.05, 0.1) is 5.38 Å². The summed E-state index contributed by atoms with van der Waals surface area (Å²) in [4.78, 5) is 13.8. The molecule has 1 aliphatic rings. The van der Waals surface area contributed by atoms with E-state index in [1.54, 1.807) is 0 Å². The second kappa shape index (κ2) is 8.40. The Hall–Kier alpha value is -1.06. The Kier molecular flexibility index (Phi) is 6.52. The van der Waals surface area contributed by atoms with Crippen molar-refractivity contribution in [1.29, 1.82) is 0 Å². The minimum absolute atomic E-state index is 0.0130. The number of halogens is 1. The molecule has 0 saturated carbocycles. The van der Waals surface area contributed by atoms with Gasteiger partial charge in [-0.15, -0.1) is 11.6 Å². The van der Waals surface area contributed by atoms with Crippen molar-refractivity contribution in [3.8, 4) is 0 Å². The molecule has 1 aromatic rings. The Balaban J connectivity index is 1.89. The molecule has 1 fully saturated rings. The SMILES string of the molecule is CCC(=O)Nc1ccc(C(Cl)CN2CCCCCC2)cc1. The summed E-state index contributed by atoms with van der Waals surface area (Å²) in [5.74, 6) is 0.0368. The summed E-state index contributed by atoms with van der Waals surface area (Å²) in [6, 6.07) is 7.89. The number of hydrogen-bond acceptors (Lipinski definition) is 2. The second-order valence-electron chi connectivity index (χ2n) is 5.71. The Morgan fingerprint density at radius 2 is 1.81 bits per heavy atom. The third kappa shape index (κ3) is 5.33. The number of carbonyl (C=O) groups excluding carboxylic acids is 1. The van der Waals surface area contributed by atoms with Crippen molar-refractivity contribution >= 4 is 23.2 Å². The summed E-state index contributed by atoms with van der Waals surface area (Å²) in [6.45, 7) is 5.07. The number of anilines is 1. The molecular formula is C17H25ClN2O. The highest BCUT2D eigenvalue weighted by atomic mass is 35.5. The van der Waals surface area contributed by atoms with E-state index in [1.807, 2.05) is 31.2 Å². The lowest BCUT2D eigenvalue weighted by Gasteiger charge is -2.23. The van der Waals surface area contributed by atoms with Crippen LogP contribution in [0.15, 0.2) is 24.3 Å². The molecule has 1 aromatic carbocycles. The van der Waals surface area contributed by atoms with Crippen molar-refractivity contribution in [2.24, 2.45) is 0 Å². The average Bonchev–Trinajstić information content (AvgIpc) is 2.76. The van der Waals surface area contributed by atoms with Crippen LogP contribution in [-0.4, -0.2) is 30.4 Å². The summed E-state index contributed by atoms with van der Waals surface area (Å²) in [5, 5.41) is 2.87. The molecule has 1 amide bonds. The molecule has 1 aliphatic heterocycles.